The van der Waals surface area contributed by atoms with Gasteiger partial charge in [-0.15, -0.1) is 0 Å². The molecule has 2 rings (SSSR count). The number of benzene rings is 2. The van der Waals surface area contributed by atoms with E-state index in [0.29, 0.717) is 6.54 Å². The molecule has 0 spiro atoms. The number of rotatable bonds is 6. The molecule has 2 aromatic rings. The predicted octanol–water partition coefficient (Wildman–Crippen LogP) is 2.80. The van der Waals surface area contributed by atoms with Gasteiger partial charge in [-0.3, -0.25) is 0 Å². The van der Waals surface area contributed by atoms with Crippen LogP contribution in [0.1, 0.15) is 11.1 Å². The number of nitrogens with two attached hydrogens (primary N) is 1. The molecule has 0 saturated heterocycles. The van der Waals surface area contributed by atoms with Crippen LogP contribution in [0.2, 0.25) is 0 Å². The molecule has 0 radical (unpaired) electrons. The van der Waals surface area contributed by atoms with E-state index in [2.05, 4.69) is 24.1 Å². The van der Waals surface area contributed by atoms with Gasteiger partial charge in [-0.2, -0.15) is 0 Å². The standard InChI is InChI=1S/C17H22N2O2/c1-19(15-7-5-4-6-14(15)11-18)12-13-8-9-16(20-2)17(10-13)21-3/h4-10H,11-12,18H2,1-3H3. The van der Waals surface area contributed by atoms with E-state index < -0.39 is 0 Å². The van der Waals surface area contributed by atoms with Crippen LogP contribution in [0, 0.1) is 0 Å². The first-order valence-electron chi connectivity index (χ1n) is 6.89. The zero-order chi connectivity index (χ0) is 15.2. The number of para-hydroxylation sites is 1. The molecule has 0 fully saturated rings. The van der Waals surface area contributed by atoms with E-state index in [4.69, 9.17) is 15.2 Å². The van der Waals surface area contributed by atoms with Crippen LogP contribution in [-0.2, 0) is 13.1 Å². The Labute approximate surface area is 126 Å². The zero-order valence-corrected chi connectivity index (χ0v) is 12.8. The van der Waals surface area contributed by atoms with Crippen molar-refractivity contribution < 1.29 is 9.47 Å². The van der Waals surface area contributed by atoms with E-state index in [1.54, 1.807) is 14.2 Å². The minimum Gasteiger partial charge on any atom is -0.493 e. The molecular formula is C17H22N2O2. The first-order valence-corrected chi connectivity index (χ1v) is 6.89. The maximum Gasteiger partial charge on any atom is 0.161 e. The maximum absolute atomic E-state index is 5.80. The highest BCUT2D eigenvalue weighted by Crippen LogP contribution is 2.29. The normalized spacial score (nSPS) is 10.3. The van der Waals surface area contributed by atoms with E-state index in [1.807, 2.05) is 30.3 Å². The Morgan fingerprint density at radius 2 is 1.71 bits per heavy atom. The predicted molar refractivity (Wildman–Crippen MR) is 86.0 cm³/mol. The first-order chi connectivity index (χ1) is 10.2. The van der Waals surface area contributed by atoms with E-state index in [0.717, 1.165) is 34.9 Å². The van der Waals surface area contributed by atoms with Crippen LogP contribution >= 0.6 is 0 Å². The lowest BCUT2D eigenvalue weighted by Gasteiger charge is -2.22. The number of ether oxygens (including phenoxy) is 2. The van der Waals surface area contributed by atoms with Gasteiger partial charge in [-0.1, -0.05) is 24.3 Å². The molecule has 4 heteroatoms. The molecule has 0 saturated carbocycles. The molecule has 0 amide bonds. The van der Waals surface area contributed by atoms with Crippen molar-refractivity contribution in [1.82, 2.24) is 0 Å². The first kappa shape index (κ1) is 15.2. The smallest absolute Gasteiger partial charge is 0.161 e. The Morgan fingerprint density at radius 3 is 2.38 bits per heavy atom. The van der Waals surface area contributed by atoms with E-state index >= 15 is 0 Å². The highest BCUT2D eigenvalue weighted by molar-refractivity contribution is 5.54. The third-order valence-corrected chi connectivity index (χ3v) is 3.49. The van der Waals surface area contributed by atoms with Crippen LogP contribution in [0.5, 0.6) is 11.5 Å². The molecule has 0 aliphatic heterocycles. The van der Waals surface area contributed by atoms with Gasteiger partial charge >= 0.3 is 0 Å². The Morgan fingerprint density at radius 1 is 1.00 bits per heavy atom. The van der Waals surface area contributed by atoms with Gasteiger partial charge < -0.3 is 20.1 Å². The molecule has 2 N–H and O–H groups in total. The lowest BCUT2D eigenvalue weighted by atomic mass is 10.1. The van der Waals surface area contributed by atoms with Crippen molar-refractivity contribution in [1.29, 1.82) is 0 Å². The van der Waals surface area contributed by atoms with Gasteiger partial charge in [-0.05, 0) is 29.3 Å². The van der Waals surface area contributed by atoms with Crippen LogP contribution in [0.4, 0.5) is 5.69 Å². The maximum atomic E-state index is 5.80. The number of anilines is 1. The Bertz CT molecular complexity index is 599. The molecule has 0 aliphatic rings. The van der Waals surface area contributed by atoms with Crippen molar-refractivity contribution in [2.45, 2.75) is 13.1 Å². The molecule has 0 unspecified atom stereocenters. The fourth-order valence-electron chi connectivity index (χ4n) is 2.39. The number of methoxy groups -OCH3 is 2. The average molecular weight is 286 g/mol. The van der Waals surface area contributed by atoms with Gasteiger partial charge in [-0.25, -0.2) is 0 Å². The molecular weight excluding hydrogens is 264 g/mol. The lowest BCUT2D eigenvalue weighted by Crippen LogP contribution is -2.18. The molecule has 0 atom stereocenters. The van der Waals surface area contributed by atoms with Crippen molar-refractivity contribution in [2.24, 2.45) is 5.73 Å². The van der Waals surface area contributed by atoms with Crippen LogP contribution in [0.3, 0.4) is 0 Å². The summed E-state index contributed by atoms with van der Waals surface area (Å²) in [6, 6.07) is 14.2. The molecule has 0 bridgehead atoms. The van der Waals surface area contributed by atoms with Gasteiger partial charge in [0, 0.05) is 25.8 Å². The zero-order valence-electron chi connectivity index (χ0n) is 12.8. The Kier molecular flexibility index (Phi) is 5.06. The molecule has 4 nitrogen and oxygen atoms in total. The van der Waals surface area contributed by atoms with E-state index in [9.17, 15) is 0 Å². The fourth-order valence-corrected chi connectivity index (χ4v) is 2.39. The second kappa shape index (κ2) is 6.99. The van der Waals surface area contributed by atoms with Crippen molar-refractivity contribution in [2.75, 3.05) is 26.2 Å². The Balaban J connectivity index is 2.21. The summed E-state index contributed by atoms with van der Waals surface area (Å²) in [5, 5.41) is 0. The summed E-state index contributed by atoms with van der Waals surface area (Å²) in [4.78, 5) is 2.18. The number of hydrogen-bond donors (Lipinski definition) is 1. The summed E-state index contributed by atoms with van der Waals surface area (Å²) in [6.07, 6.45) is 0. The van der Waals surface area contributed by atoms with Crippen LogP contribution in [-0.4, -0.2) is 21.3 Å². The molecule has 112 valence electrons. The SMILES string of the molecule is COc1ccc(CN(C)c2ccccc2CN)cc1OC. The second-order valence-corrected chi connectivity index (χ2v) is 4.88. The van der Waals surface area contributed by atoms with Gasteiger partial charge in [0.1, 0.15) is 0 Å². The van der Waals surface area contributed by atoms with E-state index in [-0.39, 0.29) is 0 Å². The van der Waals surface area contributed by atoms with Crippen LogP contribution in [0.15, 0.2) is 42.5 Å². The molecule has 0 heterocycles. The van der Waals surface area contributed by atoms with Crippen molar-refractivity contribution in [3.05, 3.63) is 53.6 Å². The minimum atomic E-state index is 0.534. The highest BCUT2D eigenvalue weighted by atomic mass is 16.5. The summed E-state index contributed by atoms with van der Waals surface area (Å²) < 4.78 is 10.6. The van der Waals surface area contributed by atoms with E-state index in [1.165, 1.54) is 0 Å². The fraction of sp³-hybridized carbons (Fsp3) is 0.294. The summed E-state index contributed by atoms with van der Waals surface area (Å²) >= 11 is 0. The van der Waals surface area contributed by atoms with Crippen LogP contribution in [0.25, 0.3) is 0 Å². The third-order valence-electron chi connectivity index (χ3n) is 3.49. The molecule has 0 aliphatic carbocycles. The summed E-state index contributed by atoms with van der Waals surface area (Å²) in [5.74, 6) is 1.49. The summed E-state index contributed by atoms with van der Waals surface area (Å²) in [6.45, 7) is 1.31. The number of hydrogen-bond acceptors (Lipinski definition) is 4. The Hall–Kier alpha value is -2.20. The molecule has 2 aromatic carbocycles. The minimum absolute atomic E-state index is 0.534. The van der Waals surface area contributed by atoms with Gasteiger partial charge in [0.2, 0.25) is 0 Å². The average Bonchev–Trinajstić information content (AvgIpc) is 2.54. The third kappa shape index (κ3) is 3.47. The quantitative estimate of drug-likeness (QED) is 0.887. The largest absolute Gasteiger partial charge is 0.493 e. The monoisotopic (exact) mass is 286 g/mol. The lowest BCUT2D eigenvalue weighted by molar-refractivity contribution is 0.354. The molecule has 0 aromatic heterocycles. The van der Waals surface area contributed by atoms with Crippen LogP contribution < -0.4 is 20.1 Å². The van der Waals surface area contributed by atoms with Gasteiger partial charge in [0.05, 0.1) is 14.2 Å². The van der Waals surface area contributed by atoms with Crippen molar-refractivity contribution in [3.8, 4) is 11.5 Å². The van der Waals surface area contributed by atoms with Crippen molar-refractivity contribution in [3.63, 3.8) is 0 Å². The summed E-state index contributed by atoms with van der Waals surface area (Å²) in [5.41, 5.74) is 9.24. The summed E-state index contributed by atoms with van der Waals surface area (Å²) in [7, 11) is 5.35. The van der Waals surface area contributed by atoms with Crippen molar-refractivity contribution >= 4 is 5.69 Å². The molecule has 21 heavy (non-hydrogen) atoms. The second-order valence-electron chi connectivity index (χ2n) is 4.88. The topological polar surface area (TPSA) is 47.7 Å². The number of nitrogens with zero attached hydrogens (tertiary/aromatic N) is 1. The van der Waals surface area contributed by atoms with Gasteiger partial charge in [0.25, 0.3) is 0 Å². The van der Waals surface area contributed by atoms with Gasteiger partial charge in [0.15, 0.2) is 11.5 Å². The highest BCUT2D eigenvalue weighted by Gasteiger charge is 2.09.